The minimum Gasteiger partial charge on any atom is -0.354 e. The van der Waals surface area contributed by atoms with Gasteiger partial charge in [0.1, 0.15) is 0 Å². The molecule has 1 aliphatic rings. The van der Waals surface area contributed by atoms with Crippen molar-refractivity contribution in [1.82, 2.24) is 20.0 Å². The molecular formula is C16H22N4OS. The van der Waals surface area contributed by atoms with Gasteiger partial charge in [-0.3, -0.25) is 14.4 Å². The standard InChI is InChI=1S/C16H22N4OS/c1-12(2)18-16(21)14-8-19(7-13-4-6-22-11-13)10-15-3-5-17-20(15)9-14/h3-6,11-12,14H,7-10H2,1-2H3,(H,18,21). The van der Waals surface area contributed by atoms with Crippen LogP contribution in [-0.4, -0.2) is 33.2 Å². The molecule has 0 aliphatic carbocycles. The van der Waals surface area contributed by atoms with Crippen LogP contribution in [0.5, 0.6) is 0 Å². The van der Waals surface area contributed by atoms with Crippen LogP contribution in [-0.2, 0) is 24.4 Å². The Bertz CT molecular complexity index is 620. The van der Waals surface area contributed by atoms with E-state index in [1.807, 2.05) is 30.8 Å². The second kappa shape index (κ2) is 6.62. The first-order valence-corrected chi connectivity index (χ1v) is 8.60. The zero-order valence-electron chi connectivity index (χ0n) is 13.0. The van der Waals surface area contributed by atoms with Gasteiger partial charge in [0.05, 0.1) is 18.2 Å². The van der Waals surface area contributed by atoms with Gasteiger partial charge in [0, 0.05) is 31.9 Å². The monoisotopic (exact) mass is 318 g/mol. The molecule has 0 radical (unpaired) electrons. The van der Waals surface area contributed by atoms with Crippen LogP contribution >= 0.6 is 11.3 Å². The Labute approximate surface area is 134 Å². The average molecular weight is 318 g/mol. The Morgan fingerprint density at radius 2 is 2.32 bits per heavy atom. The van der Waals surface area contributed by atoms with E-state index in [2.05, 4.69) is 32.1 Å². The van der Waals surface area contributed by atoms with Gasteiger partial charge in [-0.05, 0) is 42.3 Å². The van der Waals surface area contributed by atoms with Crippen molar-refractivity contribution in [1.29, 1.82) is 0 Å². The van der Waals surface area contributed by atoms with E-state index in [0.717, 1.165) is 19.6 Å². The summed E-state index contributed by atoms with van der Waals surface area (Å²) in [6.07, 6.45) is 1.82. The highest BCUT2D eigenvalue weighted by atomic mass is 32.1. The van der Waals surface area contributed by atoms with Crippen LogP contribution in [0.3, 0.4) is 0 Å². The summed E-state index contributed by atoms with van der Waals surface area (Å²) in [5.41, 5.74) is 2.48. The molecule has 0 saturated carbocycles. The van der Waals surface area contributed by atoms with Crippen molar-refractivity contribution in [3.8, 4) is 0 Å². The lowest BCUT2D eigenvalue weighted by atomic mass is 10.1. The highest BCUT2D eigenvalue weighted by Crippen LogP contribution is 2.19. The first kappa shape index (κ1) is 15.2. The molecule has 1 atom stereocenters. The van der Waals surface area contributed by atoms with E-state index in [9.17, 15) is 4.79 Å². The minimum absolute atomic E-state index is 0.0674. The Balaban J connectivity index is 1.78. The Hall–Kier alpha value is -1.66. The molecule has 1 unspecified atom stereocenters. The number of carbonyl (C=O) groups excluding carboxylic acids is 1. The Kier molecular flexibility index (Phi) is 4.59. The van der Waals surface area contributed by atoms with Gasteiger partial charge in [-0.1, -0.05) is 0 Å². The van der Waals surface area contributed by atoms with Crippen molar-refractivity contribution in [2.24, 2.45) is 5.92 Å². The van der Waals surface area contributed by atoms with Gasteiger partial charge in [0.25, 0.3) is 0 Å². The van der Waals surface area contributed by atoms with Crippen LogP contribution in [0.15, 0.2) is 29.1 Å². The maximum absolute atomic E-state index is 12.5. The normalized spacial score (nSPS) is 19.0. The van der Waals surface area contributed by atoms with E-state index in [1.54, 1.807) is 11.3 Å². The summed E-state index contributed by atoms with van der Waals surface area (Å²) in [6, 6.07) is 4.36. The molecule has 5 nitrogen and oxygen atoms in total. The van der Waals surface area contributed by atoms with Crippen molar-refractivity contribution in [2.45, 2.75) is 39.5 Å². The van der Waals surface area contributed by atoms with Crippen molar-refractivity contribution < 1.29 is 4.79 Å². The number of carbonyl (C=O) groups is 1. The molecule has 2 aromatic rings. The molecule has 1 N–H and O–H groups in total. The predicted octanol–water partition coefficient (Wildman–Crippen LogP) is 2.10. The van der Waals surface area contributed by atoms with E-state index in [4.69, 9.17) is 0 Å². The summed E-state index contributed by atoms with van der Waals surface area (Å²) < 4.78 is 1.97. The lowest BCUT2D eigenvalue weighted by Crippen LogP contribution is -2.41. The summed E-state index contributed by atoms with van der Waals surface area (Å²) in [5, 5.41) is 11.7. The molecule has 0 aromatic carbocycles. The molecule has 0 saturated heterocycles. The van der Waals surface area contributed by atoms with Gasteiger partial charge in [-0.25, -0.2) is 0 Å². The van der Waals surface area contributed by atoms with E-state index < -0.39 is 0 Å². The number of rotatable bonds is 4. The number of hydrogen-bond donors (Lipinski definition) is 1. The SMILES string of the molecule is CC(C)NC(=O)C1CN(Cc2ccsc2)Cc2ccnn2C1. The molecule has 6 heteroatoms. The summed E-state index contributed by atoms with van der Waals surface area (Å²) in [7, 11) is 0. The molecule has 1 amide bonds. The number of fused-ring (bicyclic) bond motifs is 1. The topological polar surface area (TPSA) is 50.2 Å². The number of aromatic nitrogens is 2. The highest BCUT2D eigenvalue weighted by molar-refractivity contribution is 7.07. The van der Waals surface area contributed by atoms with Crippen LogP contribution in [0.2, 0.25) is 0 Å². The summed E-state index contributed by atoms with van der Waals surface area (Å²) in [4.78, 5) is 14.8. The van der Waals surface area contributed by atoms with Crippen LogP contribution in [0, 0.1) is 5.92 Å². The second-order valence-electron chi connectivity index (χ2n) is 6.17. The van der Waals surface area contributed by atoms with Gasteiger partial charge in [0.2, 0.25) is 5.91 Å². The summed E-state index contributed by atoms with van der Waals surface area (Å²) in [6.45, 7) is 7.12. The summed E-state index contributed by atoms with van der Waals surface area (Å²) >= 11 is 1.71. The number of nitrogens with one attached hydrogen (secondary N) is 1. The van der Waals surface area contributed by atoms with Gasteiger partial charge in [-0.2, -0.15) is 16.4 Å². The number of amides is 1. The number of nitrogens with zero attached hydrogens (tertiary/aromatic N) is 3. The smallest absolute Gasteiger partial charge is 0.226 e. The predicted molar refractivity (Wildman–Crippen MR) is 87.4 cm³/mol. The van der Waals surface area contributed by atoms with E-state index >= 15 is 0 Å². The molecule has 0 bridgehead atoms. The summed E-state index contributed by atoms with van der Waals surface area (Å²) in [5.74, 6) is 0.0517. The molecule has 2 aromatic heterocycles. The van der Waals surface area contributed by atoms with Crippen LogP contribution in [0.4, 0.5) is 0 Å². The first-order valence-electron chi connectivity index (χ1n) is 7.66. The molecule has 1 aliphatic heterocycles. The zero-order valence-corrected chi connectivity index (χ0v) is 13.8. The van der Waals surface area contributed by atoms with E-state index in [-0.39, 0.29) is 17.9 Å². The molecule has 22 heavy (non-hydrogen) atoms. The molecule has 118 valence electrons. The van der Waals surface area contributed by atoms with E-state index in [1.165, 1.54) is 11.3 Å². The maximum atomic E-state index is 12.5. The van der Waals surface area contributed by atoms with Gasteiger partial charge in [-0.15, -0.1) is 0 Å². The Morgan fingerprint density at radius 3 is 3.05 bits per heavy atom. The fourth-order valence-corrected chi connectivity index (χ4v) is 3.52. The fourth-order valence-electron chi connectivity index (χ4n) is 2.86. The van der Waals surface area contributed by atoms with E-state index in [0.29, 0.717) is 6.54 Å². The van der Waals surface area contributed by atoms with Crippen molar-refractivity contribution in [2.75, 3.05) is 6.54 Å². The molecular weight excluding hydrogens is 296 g/mol. The largest absolute Gasteiger partial charge is 0.354 e. The van der Waals surface area contributed by atoms with Gasteiger partial charge < -0.3 is 5.32 Å². The molecule has 3 rings (SSSR count). The van der Waals surface area contributed by atoms with Crippen LogP contribution < -0.4 is 5.32 Å². The third-order valence-electron chi connectivity index (χ3n) is 3.85. The lowest BCUT2D eigenvalue weighted by Gasteiger charge is -2.23. The van der Waals surface area contributed by atoms with Gasteiger partial charge in [0.15, 0.2) is 0 Å². The quantitative estimate of drug-likeness (QED) is 0.939. The van der Waals surface area contributed by atoms with Crippen molar-refractivity contribution >= 4 is 17.2 Å². The van der Waals surface area contributed by atoms with Crippen molar-refractivity contribution in [3.63, 3.8) is 0 Å². The highest BCUT2D eigenvalue weighted by Gasteiger charge is 2.27. The average Bonchev–Trinajstić information content (AvgIpc) is 3.07. The number of thiophene rings is 1. The second-order valence-corrected chi connectivity index (χ2v) is 6.95. The molecule has 3 heterocycles. The lowest BCUT2D eigenvalue weighted by molar-refractivity contribution is -0.126. The maximum Gasteiger partial charge on any atom is 0.226 e. The Morgan fingerprint density at radius 1 is 1.45 bits per heavy atom. The van der Waals surface area contributed by atoms with Crippen LogP contribution in [0.25, 0.3) is 0 Å². The van der Waals surface area contributed by atoms with Gasteiger partial charge >= 0.3 is 0 Å². The zero-order chi connectivity index (χ0) is 15.5. The number of hydrogen-bond acceptors (Lipinski definition) is 4. The molecule has 0 fully saturated rings. The molecule has 0 spiro atoms. The third kappa shape index (κ3) is 3.56. The minimum atomic E-state index is -0.0674. The fraction of sp³-hybridized carbons (Fsp3) is 0.500. The third-order valence-corrected chi connectivity index (χ3v) is 4.58. The van der Waals surface area contributed by atoms with Crippen LogP contribution in [0.1, 0.15) is 25.1 Å². The first-order chi connectivity index (χ1) is 10.6. The van der Waals surface area contributed by atoms with Crippen molar-refractivity contribution in [3.05, 3.63) is 40.3 Å².